The van der Waals surface area contributed by atoms with Gasteiger partial charge in [-0.25, -0.2) is 9.67 Å². The highest BCUT2D eigenvalue weighted by atomic mass is 35.5. The van der Waals surface area contributed by atoms with Gasteiger partial charge >= 0.3 is 0 Å². The predicted molar refractivity (Wildman–Crippen MR) is 99.0 cm³/mol. The molecule has 0 fully saturated rings. The van der Waals surface area contributed by atoms with E-state index in [0.717, 1.165) is 17.0 Å². The van der Waals surface area contributed by atoms with Crippen LogP contribution < -0.4 is 4.74 Å². The van der Waals surface area contributed by atoms with Crippen LogP contribution in [0.25, 0.3) is 11.4 Å². The van der Waals surface area contributed by atoms with Gasteiger partial charge in [0.1, 0.15) is 24.8 Å². The number of aromatic nitrogens is 3. The zero-order valence-electron chi connectivity index (χ0n) is 14.4. The molecule has 7 heteroatoms. The van der Waals surface area contributed by atoms with Crippen molar-refractivity contribution < 1.29 is 14.6 Å². The summed E-state index contributed by atoms with van der Waals surface area (Å²) in [6.07, 6.45) is 0.806. The lowest BCUT2D eigenvalue weighted by Gasteiger charge is -2.13. The van der Waals surface area contributed by atoms with Gasteiger partial charge in [-0.2, -0.15) is 5.10 Å². The normalized spacial score (nSPS) is 12.1. The highest BCUT2D eigenvalue weighted by Crippen LogP contribution is 2.20. The lowest BCUT2D eigenvalue weighted by atomic mass is 10.2. The zero-order chi connectivity index (χ0) is 18.4. The number of ether oxygens (including phenoxy) is 2. The highest BCUT2D eigenvalue weighted by molar-refractivity contribution is 6.30. The maximum atomic E-state index is 9.98. The number of rotatable bonds is 8. The largest absolute Gasteiger partial charge is 0.491 e. The van der Waals surface area contributed by atoms with Crippen LogP contribution in [0.3, 0.4) is 0 Å². The third kappa shape index (κ3) is 5.05. The van der Waals surface area contributed by atoms with Gasteiger partial charge in [0.05, 0.1) is 13.2 Å². The summed E-state index contributed by atoms with van der Waals surface area (Å²) in [5.41, 5.74) is 1.95. The van der Waals surface area contributed by atoms with E-state index < -0.39 is 6.10 Å². The van der Waals surface area contributed by atoms with Gasteiger partial charge in [0.2, 0.25) is 0 Å². The van der Waals surface area contributed by atoms with Crippen molar-refractivity contribution in [2.24, 2.45) is 7.05 Å². The summed E-state index contributed by atoms with van der Waals surface area (Å²) in [5.74, 6) is 1.46. The summed E-state index contributed by atoms with van der Waals surface area (Å²) in [7, 11) is 1.84. The SMILES string of the molecule is Cn1ncnc1-c1ccc(OC[C@H](O)COCc2ccc(Cl)cc2)cc1. The van der Waals surface area contributed by atoms with E-state index in [2.05, 4.69) is 10.1 Å². The van der Waals surface area contributed by atoms with Crippen molar-refractivity contribution >= 4 is 11.6 Å². The predicted octanol–water partition coefficient (Wildman–Crippen LogP) is 3.09. The molecule has 0 aliphatic heterocycles. The number of aliphatic hydroxyl groups excluding tert-OH is 1. The van der Waals surface area contributed by atoms with Crippen LogP contribution in [0, 0.1) is 0 Å². The van der Waals surface area contributed by atoms with E-state index in [-0.39, 0.29) is 13.2 Å². The van der Waals surface area contributed by atoms with Crippen LogP contribution in [0.15, 0.2) is 54.9 Å². The minimum atomic E-state index is -0.708. The molecular weight excluding hydrogens is 354 g/mol. The number of aliphatic hydroxyl groups is 1. The molecular formula is C19H20ClN3O3. The number of nitrogens with zero attached hydrogens (tertiary/aromatic N) is 3. The van der Waals surface area contributed by atoms with Crippen LogP contribution in [-0.2, 0) is 18.4 Å². The highest BCUT2D eigenvalue weighted by Gasteiger charge is 2.08. The molecule has 1 heterocycles. The Morgan fingerprint density at radius 2 is 1.81 bits per heavy atom. The average molecular weight is 374 g/mol. The topological polar surface area (TPSA) is 69.4 Å². The van der Waals surface area contributed by atoms with Gasteiger partial charge in [0, 0.05) is 17.6 Å². The fourth-order valence-corrected chi connectivity index (χ4v) is 2.52. The molecule has 3 aromatic rings. The molecule has 0 amide bonds. The monoisotopic (exact) mass is 373 g/mol. The second-order valence-electron chi connectivity index (χ2n) is 5.84. The summed E-state index contributed by atoms with van der Waals surface area (Å²) in [6, 6.07) is 14.9. The van der Waals surface area contributed by atoms with Gasteiger partial charge in [0.25, 0.3) is 0 Å². The van der Waals surface area contributed by atoms with Crippen molar-refractivity contribution in [3.8, 4) is 17.1 Å². The van der Waals surface area contributed by atoms with Crippen molar-refractivity contribution in [1.29, 1.82) is 0 Å². The molecule has 6 nitrogen and oxygen atoms in total. The van der Waals surface area contributed by atoms with E-state index in [1.165, 1.54) is 6.33 Å². The molecule has 0 unspecified atom stereocenters. The van der Waals surface area contributed by atoms with Crippen LogP contribution in [0.1, 0.15) is 5.56 Å². The van der Waals surface area contributed by atoms with E-state index in [0.29, 0.717) is 17.4 Å². The molecule has 0 saturated carbocycles. The molecule has 0 bridgehead atoms. The molecule has 1 aromatic heterocycles. The van der Waals surface area contributed by atoms with E-state index in [1.54, 1.807) is 4.68 Å². The molecule has 0 aliphatic rings. The van der Waals surface area contributed by atoms with Crippen LogP contribution in [-0.4, -0.2) is 39.2 Å². The van der Waals surface area contributed by atoms with E-state index >= 15 is 0 Å². The molecule has 0 radical (unpaired) electrons. The Kier molecular flexibility index (Phi) is 6.22. The summed E-state index contributed by atoms with van der Waals surface area (Å²) in [4.78, 5) is 4.20. The van der Waals surface area contributed by atoms with Crippen molar-refractivity contribution in [3.05, 3.63) is 65.4 Å². The maximum absolute atomic E-state index is 9.98. The van der Waals surface area contributed by atoms with Crippen molar-refractivity contribution in [2.75, 3.05) is 13.2 Å². The number of hydrogen-bond acceptors (Lipinski definition) is 5. The van der Waals surface area contributed by atoms with Crippen LogP contribution in [0.5, 0.6) is 5.75 Å². The second kappa shape index (κ2) is 8.80. The van der Waals surface area contributed by atoms with Crippen molar-refractivity contribution in [3.63, 3.8) is 0 Å². The second-order valence-corrected chi connectivity index (χ2v) is 6.27. The Hall–Kier alpha value is -2.41. The van der Waals surface area contributed by atoms with Crippen molar-refractivity contribution in [1.82, 2.24) is 14.8 Å². The molecule has 1 N–H and O–H groups in total. The van der Waals surface area contributed by atoms with Crippen LogP contribution in [0.4, 0.5) is 0 Å². The first kappa shape index (κ1) is 18.4. The molecule has 2 aromatic carbocycles. The first-order chi connectivity index (χ1) is 12.6. The minimum Gasteiger partial charge on any atom is -0.491 e. The summed E-state index contributed by atoms with van der Waals surface area (Å²) in [5, 5.41) is 14.7. The van der Waals surface area contributed by atoms with E-state index in [9.17, 15) is 5.11 Å². The Balaban J connectivity index is 1.42. The van der Waals surface area contributed by atoms with Crippen LogP contribution >= 0.6 is 11.6 Å². The third-order valence-corrected chi connectivity index (χ3v) is 4.01. The number of benzene rings is 2. The third-order valence-electron chi connectivity index (χ3n) is 3.76. The van der Waals surface area contributed by atoms with Crippen molar-refractivity contribution in [2.45, 2.75) is 12.7 Å². The van der Waals surface area contributed by atoms with Gasteiger partial charge in [-0.05, 0) is 42.0 Å². The standard InChI is InChI=1S/C19H20ClN3O3/c1-23-19(21-13-22-23)15-4-8-18(9-5-15)26-12-17(24)11-25-10-14-2-6-16(20)7-3-14/h2-9,13,17,24H,10-12H2,1H3/t17-/m1/s1. The van der Waals surface area contributed by atoms with E-state index in [1.807, 2.05) is 55.6 Å². The molecule has 0 spiro atoms. The summed E-state index contributed by atoms with van der Waals surface area (Å²) < 4.78 is 12.8. The Morgan fingerprint density at radius 3 is 2.46 bits per heavy atom. The molecule has 0 aliphatic carbocycles. The van der Waals surface area contributed by atoms with Gasteiger partial charge < -0.3 is 14.6 Å². The number of halogens is 1. The molecule has 1 atom stereocenters. The fourth-order valence-electron chi connectivity index (χ4n) is 2.39. The first-order valence-corrected chi connectivity index (χ1v) is 8.57. The Bertz CT molecular complexity index is 819. The lowest BCUT2D eigenvalue weighted by Crippen LogP contribution is -2.23. The lowest BCUT2D eigenvalue weighted by molar-refractivity contribution is 0.00549. The van der Waals surface area contributed by atoms with Gasteiger partial charge in [-0.15, -0.1) is 0 Å². The fraction of sp³-hybridized carbons (Fsp3) is 0.263. The van der Waals surface area contributed by atoms with E-state index in [4.69, 9.17) is 21.1 Å². The Labute approximate surface area is 157 Å². The average Bonchev–Trinajstić information content (AvgIpc) is 3.08. The number of hydrogen-bond donors (Lipinski definition) is 1. The molecule has 136 valence electrons. The Morgan fingerprint density at radius 1 is 1.08 bits per heavy atom. The van der Waals surface area contributed by atoms with Crippen LogP contribution in [0.2, 0.25) is 5.02 Å². The maximum Gasteiger partial charge on any atom is 0.157 e. The number of aryl methyl sites for hydroxylation is 1. The zero-order valence-corrected chi connectivity index (χ0v) is 15.1. The van der Waals surface area contributed by atoms with Gasteiger partial charge in [-0.1, -0.05) is 23.7 Å². The molecule has 3 rings (SSSR count). The smallest absolute Gasteiger partial charge is 0.157 e. The molecule has 0 saturated heterocycles. The molecule has 26 heavy (non-hydrogen) atoms. The minimum absolute atomic E-state index is 0.157. The summed E-state index contributed by atoms with van der Waals surface area (Å²) in [6.45, 7) is 0.768. The van der Waals surface area contributed by atoms with Gasteiger partial charge in [-0.3, -0.25) is 0 Å². The van der Waals surface area contributed by atoms with Gasteiger partial charge in [0.15, 0.2) is 5.82 Å². The first-order valence-electron chi connectivity index (χ1n) is 8.19. The summed E-state index contributed by atoms with van der Waals surface area (Å²) >= 11 is 5.84. The quantitative estimate of drug-likeness (QED) is 0.657.